The van der Waals surface area contributed by atoms with Gasteiger partial charge >= 0.3 is 17.9 Å². The monoisotopic (exact) mass is 681 g/mol. The van der Waals surface area contributed by atoms with E-state index in [4.69, 9.17) is 14.2 Å². The molecule has 6 nitrogen and oxygen atoms in total. The molecule has 0 radical (unpaired) electrons. The van der Waals surface area contributed by atoms with E-state index < -0.39 is 6.10 Å². The summed E-state index contributed by atoms with van der Waals surface area (Å²) in [7, 11) is 0. The summed E-state index contributed by atoms with van der Waals surface area (Å²) in [6, 6.07) is 0. The van der Waals surface area contributed by atoms with Crippen molar-refractivity contribution in [2.45, 2.75) is 239 Å². The summed E-state index contributed by atoms with van der Waals surface area (Å²) in [4.78, 5) is 37.4. The van der Waals surface area contributed by atoms with E-state index in [9.17, 15) is 14.4 Å². The Morgan fingerprint density at radius 3 is 0.833 bits per heavy atom. The normalized spacial score (nSPS) is 11.8. The number of carbonyl (C=O) groups is 3. The van der Waals surface area contributed by atoms with Crippen molar-refractivity contribution >= 4 is 17.9 Å². The van der Waals surface area contributed by atoms with Crippen molar-refractivity contribution in [3.63, 3.8) is 0 Å². The zero-order valence-corrected chi connectivity index (χ0v) is 32.3. The Labute approximate surface area is 298 Å². The minimum absolute atomic E-state index is 0.0638. The lowest BCUT2D eigenvalue weighted by atomic mass is 10.0. The quantitative estimate of drug-likeness (QED) is 0.0367. The van der Waals surface area contributed by atoms with E-state index in [-0.39, 0.29) is 31.1 Å². The van der Waals surface area contributed by atoms with Gasteiger partial charge in [0, 0.05) is 19.3 Å². The van der Waals surface area contributed by atoms with Crippen LogP contribution in [-0.2, 0) is 28.6 Å². The largest absolute Gasteiger partial charge is 0.462 e. The van der Waals surface area contributed by atoms with Crippen molar-refractivity contribution in [3.05, 3.63) is 0 Å². The number of rotatable bonds is 38. The van der Waals surface area contributed by atoms with Gasteiger partial charge in [-0.2, -0.15) is 0 Å². The summed E-state index contributed by atoms with van der Waals surface area (Å²) < 4.78 is 16.6. The van der Waals surface area contributed by atoms with Crippen molar-refractivity contribution in [1.29, 1.82) is 0 Å². The van der Waals surface area contributed by atoms with Crippen LogP contribution in [0.5, 0.6) is 0 Å². The fraction of sp³-hybridized carbons (Fsp3) is 0.929. The highest BCUT2D eigenvalue weighted by Gasteiger charge is 2.19. The standard InChI is InChI=1S/C42H80O6/c1-4-7-10-13-16-18-20-21-22-24-27-30-33-36-42(45)48-39(37-46-40(43)34-31-28-25-15-12-9-6-3)38-47-41(44)35-32-29-26-23-19-17-14-11-8-5-2/h39H,4-38H2,1-3H3/t39-/m0/s1. The first-order valence-electron chi connectivity index (χ1n) is 21.0. The predicted octanol–water partition coefficient (Wildman–Crippen LogP) is 12.9. The van der Waals surface area contributed by atoms with Crippen LogP contribution < -0.4 is 0 Å². The van der Waals surface area contributed by atoms with Gasteiger partial charge in [0.1, 0.15) is 13.2 Å². The van der Waals surface area contributed by atoms with Crippen LogP contribution in [0.4, 0.5) is 0 Å². The van der Waals surface area contributed by atoms with Gasteiger partial charge < -0.3 is 14.2 Å². The molecule has 0 amide bonds. The van der Waals surface area contributed by atoms with Crippen LogP contribution in [0.15, 0.2) is 0 Å². The van der Waals surface area contributed by atoms with Gasteiger partial charge in [-0.1, -0.05) is 194 Å². The van der Waals surface area contributed by atoms with Crippen LogP contribution in [0.2, 0.25) is 0 Å². The van der Waals surface area contributed by atoms with Crippen molar-refractivity contribution in [3.8, 4) is 0 Å². The molecule has 0 aliphatic rings. The molecule has 0 aromatic heterocycles. The van der Waals surface area contributed by atoms with Gasteiger partial charge in [-0.25, -0.2) is 0 Å². The highest BCUT2D eigenvalue weighted by atomic mass is 16.6. The first kappa shape index (κ1) is 46.4. The van der Waals surface area contributed by atoms with Crippen LogP contribution in [0.1, 0.15) is 233 Å². The molecule has 284 valence electrons. The molecule has 0 saturated carbocycles. The highest BCUT2D eigenvalue weighted by molar-refractivity contribution is 5.71. The summed E-state index contributed by atoms with van der Waals surface area (Å²) >= 11 is 0. The first-order valence-corrected chi connectivity index (χ1v) is 21.0. The van der Waals surface area contributed by atoms with Gasteiger partial charge in [0.2, 0.25) is 0 Å². The molecule has 0 heterocycles. The van der Waals surface area contributed by atoms with Crippen LogP contribution in [0.25, 0.3) is 0 Å². The molecule has 0 aliphatic heterocycles. The van der Waals surface area contributed by atoms with Crippen LogP contribution in [-0.4, -0.2) is 37.2 Å². The van der Waals surface area contributed by atoms with Crippen LogP contribution in [0, 0.1) is 0 Å². The molecular formula is C42H80O6. The zero-order valence-electron chi connectivity index (χ0n) is 32.3. The maximum Gasteiger partial charge on any atom is 0.306 e. The Hall–Kier alpha value is -1.59. The number of hydrogen-bond donors (Lipinski definition) is 0. The predicted molar refractivity (Wildman–Crippen MR) is 201 cm³/mol. The van der Waals surface area contributed by atoms with Crippen molar-refractivity contribution in [2.24, 2.45) is 0 Å². The lowest BCUT2D eigenvalue weighted by Gasteiger charge is -2.18. The third kappa shape index (κ3) is 35.7. The Balaban J connectivity index is 4.29. The second kappa shape index (κ2) is 38.2. The molecule has 0 bridgehead atoms. The fourth-order valence-electron chi connectivity index (χ4n) is 6.15. The summed E-state index contributed by atoms with van der Waals surface area (Å²) in [5.41, 5.74) is 0. The molecule has 0 N–H and O–H groups in total. The van der Waals surface area contributed by atoms with E-state index in [1.54, 1.807) is 0 Å². The molecule has 48 heavy (non-hydrogen) atoms. The van der Waals surface area contributed by atoms with Gasteiger partial charge in [0.15, 0.2) is 6.10 Å². The number of hydrogen-bond acceptors (Lipinski definition) is 6. The first-order chi connectivity index (χ1) is 23.5. The highest BCUT2D eigenvalue weighted by Crippen LogP contribution is 2.15. The van der Waals surface area contributed by atoms with E-state index in [1.165, 1.54) is 135 Å². The molecule has 0 rings (SSSR count). The minimum atomic E-state index is -0.755. The Morgan fingerprint density at radius 1 is 0.333 bits per heavy atom. The minimum Gasteiger partial charge on any atom is -0.462 e. The Bertz CT molecular complexity index is 708. The molecule has 0 aliphatic carbocycles. The fourth-order valence-corrected chi connectivity index (χ4v) is 6.15. The van der Waals surface area contributed by atoms with Crippen LogP contribution in [0.3, 0.4) is 0 Å². The second-order valence-corrected chi connectivity index (χ2v) is 14.3. The lowest BCUT2D eigenvalue weighted by molar-refractivity contribution is -0.167. The summed E-state index contributed by atoms with van der Waals surface area (Å²) in [6.07, 6.45) is 36.6. The maximum absolute atomic E-state index is 12.6. The summed E-state index contributed by atoms with van der Waals surface area (Å²) in [6.45, 7) is 6.58. The Morgan fingerprint density at radius 2 is 0.562 bits per heavy atom. The smallest absolute Gasteiger partial charge is 0.306 e. The average Bonchev–Trinajstić information content (AvgIpc) is 3.08. The lowest BCUT2D eigenvalue weighted by Crippen LogP contribution is -2.30. The Kier molecular flexibility index (Phi) is 36.9. The van der Waals surface area contributed by atoms with E-state index in [1.807, 2.05) is 0 Å². The molecule has 0 spiro atoms. The molecule has 0 fully saturated rings. The zero-order chi connectivity index (χ0) is 35.2. The molecule has 0 saturated heterocycles. The van der Waals surface area contributed by atoms with Gasteiger partial charge in [-0.15, -0.1) is 0 Å². The van der Waals surface area contributed by atoms with Gasteiger partial charge in [0.05, 0.1) is 0 Å². The van der Waals surface area contributed by atoms with E-state index in [2.05, 4.69) is 20.8 Å². The number of unbranched alkanes of at least 4 members (excludes halogenated alkanes) is 27. The third-order valence-corrected chi connectivity index (χ3v) is 9.36. The van der Waals surface area contributed by atoms with E-state index >= 15 is 0 Å². The van der Waals surface area contributed by atoms with E-state index in [0.29, 0.717) is 19.3 Å². The molecule has 0 aromatic rings. The molecule has 0 unspecified atom stereocenters. The number of ether oxygens (including phenoxy) is 3. The third-order valence-electron chi connectivity index (χ3n) is 9.36. The topological polar surface area (TPSA) is 78.9 Å². The molecule has 6 heteroatoms. The maximum atomic E-state index is 12.6. The molecule has 1 atom stereocenters. The number of carbonyl (C=O) groups excluding carboxylic acids is 3. The average molecular weight is 681 g/mol. The van der Waals surface area contributed by atoms with Crippen molar-refractivity contribution < 1.29 is 28.6 Å². The van der Waals surface area contributed by atoms with Gasteiger partial charge in [-0.3, -0.25) is 14.4 Å². The summed E-state index contributed by atoms with van der Waals surface area (Å²) in [5, 5.41) is 0. The summed E-state index contributed by atoms with van der Waals surface area (Å²) in [5.74, 6) is -0.865. The van der Waals surface area contributed by atoms with Gasteiger partial charge in [0.25, 0.3) is 0 Å². The van der Waals surface area contributed by atoms with Crippen molar-refractivity contribution in [1.82, 2.24) is 0 Å². The SMILES string of the molecule is CCCCCCCCCCCCCCCC(=O)O[C@@H](COC(=O)CCCCCCCCC)COC(=O)CCCCCCCCCCCC. The van der Waals surface area contributed by atoms with Crippen molar-refractivity contribution in [2.75, 3.05) is 13.2 Å². The van der Waals surface area contributed by atoms with E-state index in [0.717, 1.165) is 57.8 Å². The van der Waals surface area contributed by atoms with Crippen LogP contribution >= 0.6 is 0 Å². The number of esters is 3. The molecular weight excluding hydrogens is 600 g/mol. The molecule has 0 aromatic carbocycles. The second-order valence-electron chi connectivity index (χ2n) is 14.3. The van der Waals surface area contributed by atoms with Gasteiger partial charge in [-0.05, 0) is 19.3 Å².